The molecule has 0 amide bonds. The molecule has 0 aromatic rings. The molecule has 0 fully saturated rings. The van der Waals surface area contributed by atoms with Crippen molar-refractivity contribution in [2.75, 3.05) is 0 Å². The van der Waals surface area contributed by atoms with Crippen LogP contribution < -0.4 is 0 Å². The smallest absolute Gasteiger partial charge is 0.312 e. The van der Waals surface area contributed by atoms with Crippen LogP contribution in [-0.4, -0.2) is 16.3 Å². The first-order valence-electron chi connectivity index (χ1n) is 8.50. The van der Waals surface area contributed by atoms with Crippen LogP contribution in [0.2, 0.25) is 0 Å². The quantitative estimate of drug-likeness (QED) is 0.198. The predicted molar refractivity (Wildman–Crippen MR) is 83.3 cm³/mol. The van der Waals surface area contributed by atoms with Crippen molar-refractivity contribution in [1.29, 1.82) is 0 Å². The summed E-state index contributed by atoms with van der Waals surface area (Å²) in [5, 5.41) is 19.2. The van der Waals surface area contributed by atoms with E-state index in [0.717, 1.165) is 19.3 Å². The van der Waals surface area contributed by atoms with Gasteiger partial charge in [0.05, 0.1) is 4.92 Å². The minimum Gasteiger partial charge on any atom is -0.333 e. The normalized spacial score (nSPS) is 12.5. The topological polar surface area (TPSA) is 63.4 Å². The number of aliphatic hydroxyl groups is 1. The molecular weight excluding hydrogens is 254 g/mol. The van der Waals surface area contributed by atoms with Gasteiger partial charge in [0.25, 0.3) is 0 Å². The van der Waals surface area contributed by atoms with E-state index < -0.39 is 11.2 Å². The van der Waals surface area contributed by atoms with Gasteiger partial charge in [0.2, 0.25) is 0 Å². The molecule has 0 saturated heterocycles. The maximum Gasteiger partial charge on any atom is 0.312 e. The zero-order chi connectivity index (χ0) is 15.1. The molecule has 1 N–H and O–H groups in total. The number of nitro groups is 1. The van der Waals surface area contributed by atoms with Crippen molar-refractivity contribution in [2.45, 2.75) is 103 Å². The molecule has 0 saturated carbocycles. The van der Waals surface area contributed by atoms with E-state index in [4.69, 9.17) is 5.11 Å². The number of hydrogen-bond donors (Lipinski definition) is 1. The fraction of sp³-hybridized carbons (Fsp3) is 1.00. The Labute approximate surface area is 124 Å². The third kappa shape index (κ3) is 13.8. The Kier molecular flexibility index (Phi) is 14.3. The number of hydrogen-bond acceptors (Lipinski definition) is 3. The fourth-order valence-corrected chi connectivity index (χ4v) is 2.45. The molecule has 0 aliphatic heterocycles. The molecule has 0 aromatic heterocycles. The lowest BCUT2D eigenvalue weighted by Crippen LogP contribution is -2.17. The summed E-state index contributed by atoms with van der Waals surface area (Å²) in [6.07, 6.45) is 15.3. The lowest BCUT2D eigenvalue weighted by molar-refractivity contribution is -0.571. The molecule has 4 nitrogen and oxygen atoms in total. The minimum absolute atomic E-state index is 0.296. The Morgan fingerprint density at radius 3 is 1.50 bits per heavy atom. The summed E-state index contributed by atoms with van der Waals surface area (Å²) in [6, 6.07) is 0. The first kappa shape index (κ1) is 19.4. The van der Waals surface area contributed by atoms with E-state index in [9.17, 15) is 10.1 Å². The maximum atomic E-state index is 10.2. The van der Waals surface area contributed by atoms with E-state index >= 15 is 0 Å². The van der Waals surface area contributed by atoms with Crippen LogP contribution >= 0.6 is 0 Å². The van der Waals surface area contributed by atoms with Crippen LogP contribution in [0.5, 0.6) is 0 Å². The maximum absolute atomic E-state index is 10.2. The molecule has 20 heavy (non-hydrogen) atoms. The highest BCUT2D eigenvalue weighted by molar-refractivity contribution is 4.49. The monoisotopic (exact) mass is 287 g/mol. The summed E-state index contributed by atoms with van der Waals surface area (Å²) in [5.74, 6) is 0. The molecule has 120 valence electrons. The second-order valence-electron chi connectivity index (χ2n) is 5.80. The summed E-state index contributed by atoms with van der Waals surface area (Å²) in [5.41, 5.74) is 0. The van der Waals surface area contributed by atoms with Crippen LogP contribution in [0.15, 0.2) is 0 Å². The Hall–Kier alpha value is -0.640. The Bertz CT molecular complexity index is 222. The van der Waals surface area contributed by atoms with Crippen molar-refractivity contribution in [3.8, 4) is 0 Å². The van der Waals surface area contributed by atoms with Crippen molar-refractivity contribution in [3.63, 3.8) is 0 Å². The summed E-state index contributed by atoms with van der Waals surface area (Å²) in [4.78, 5) is 9.59. The van der Waals surface area contributed by atoms with Gasteiger partial charge in [-0.2, -0.15) is 0 Å². The van der Waals surface area contributed by atoms with Crippen LogP contribution in [0.1, 0.15) is 96.8 Å². The van der Waals surface area contributed by atoms with Crippen LogP contribution in [-0.2, 0) is 0 Å². The van der Waals surface area contributed by atoms with E-state index in [2.05, 4.69) is 6.92 Å². The summed E-state index contributed by atoms with van der Waals surface area (Å²) < 4.78 is 0. The zero-order valence-electron chi connectivity index (χ0n) is 13.2. The van der Waals surface area contributed by atoms with Crippen LogP contribution in [0.3, 0.4) is 0 Å². The molecule has 4 heteroatoms. The van der Waals surface area contributed by atoms with Crippen molar-refractivity contribution < 1.29 is 10.0 Å². The highest BCUT2D eigenvalue weighted by atomic mass is 16.7. The Morgan fingerprint density at radius 1 is 0.800 bits per heavy atom. The zero-order valence-corrected chi connectivity index (χ0v) is 13.2. The van der Waals surface area contributed by atoms with Gasteiger partial charge < -0.3 is 5.11 Å². The Balaban J connectivity index is 3.04. The first-order chi connectivity index (χ1) is 9.68. The molecule has 0 bridgehead atoms. The van der Waals surface area contributed by atoms with Crippen LogP contribution in [0, 0.1) is 10.1 Å². The molecule has 1 atom stereocenters. The third-order valence-corrected chi connectivity index (χ3v) is 3.81. The fourth-order valence-electron chi connectivity index (χ4n) is 2.45. The van der Waals surface area contributed by atoms with Crippen molar-refractivity contribution in [3.05, 3.63) is 10.1 Å². The van der Waals surface area contributed by atoms with Gasteiger partial charge >= 0.3 is 6.23 Å². The van der Waals surface area contributed by atoms with Crippen molar-refractivity contribution >= 4 is 0 Å². The van der Waals surface area contributed by atoms with E-state index in [0.29, 0.717) is 6.42 Å². The summed E-state index contributed by atoms with van der Waals surface area (Å²) >= 11 is 0. The largest absolute Gasteiger partial charge is 0.333 e. The van der Waals surface area contributed by atoms with Gasteiger partial charge in [-0.3, -0.25) is 10.1 Å². The minimum atomic E-state index is -1.36. The van der Waals surface area contributed by atoms with Crippen LogP contribution in [0.25, 0.3) is 0 Å². The SMILES string of the molecule is CCCCCCCCCCCCCCCC(O)[N+](=O)[O-]. The second-order valence-corrected chi connectivity index (χ2v) is 5.80. The van der Waals surface area contributed by atoms with Crippen LogP contribution in [0.4, 0.5) is 0 Å². The van der Waals surface area contributed by atoms with E-state index in [1.54, 1.807) is 0 Å². The summed E-state index contributed by atoms with van der Waals surface area (Å²) in [6.45, 7) is 2.25. The summed E-state index contributed by atoms with van der Waals surface area (Å²) in [7, 11) is 0. The standard InChI is InChI=1S/C16H33NO3/c1-2-3-4-5-6-7-8-9-10-11-12-13-14-15-16(18)17(19)20/h16,18H,2-15H2,1H3. The number of aliphatic hydroxyl groups excluding tert-OH is 1. The molecule has 0 aliphatic carbocycles. The van der Waals surface area contributed by atoms with Gasteiger partial charge in [-0.15, -0.1) is 0 Å². The molecule has 0 heterocycles. The lowest BCUT2D eigenvalue weighted by atomic mass is 10.0. The van der Waals surface area contributed by atoms with Gasteiger partial charge in [-0.05, 0) is 6.42 Å². The second kappa shape index (κ2) is 14.8. The van der Waals surface area contributed by atoms with E-state index in [1.807, 2.05) is 0 Å². The van der Waals surface area contributed by atoms with E-state index in [1.165, 1.54) is 64.2 Å². The highest BCUT2D eigenvalue weighted by Crippen LogP contribution is 2.13. The van der Waals surface area contributed by atoms with Crippen molar-refractivity contribution in [1.82, 2.24) is 0 Å². The predicted octanol–water partition coefficient (Wildman–Crippen LogP) is 5.06. The van der Waals surface area contributed by atoms with Gasteiger partial charge in [0, 0.05) is 6.42 Å². The molecule has 1 unspecified atom stereocenters. The highest BCUT2D eigenvalue weighted by Gasteiger charge is 2.13. The number of unbranched alkanes of at least 4 members (excludes halogenated alkanes) is 12. The molecule has 0 aliphatic rings. The van der Waals surface area contributed by atoms with E-state index in [-0.39, 0.29) is 0 Å². The number of nitrogens with zero attached hydrogens (tertiary/aromatic N) is 1. The van der Waals surface area contributed by atoms with Gasteiger partial charge in [-0.25, -0.2) is 0 Å². The molecule has 0 spiro atoms. The van der Waals surface area contributed by atoms with Gasteiger partial charge in [-0.1, -0.05) is 84.0 Å². The average molecular weight is 287 g/mol. The first-order valence-corrected chi connectivity index (χ1v) is 8.50. The number of rotatable bonds is 15. The third-order valence-electron chi connectivity index (χ3n) is 3.81. The van der Waals surface area contributed by atoms with Crippen molar-refractivity contribution in [2.24, 2.45) is 0 Å². The van der Waals surface area contributed by atoms with Gasteiger partial charge in [0.15, 0.2) is 0 Å². The lowest BCUT2D eigenvalue weighted by Gasteiger charge is -2.04. The molecule has 0 radical (unpaired) electrons. The molecule has 0 rings (SSSR count). The Morgan fingerprint density at radius 2 is 1.15 bits per heavy atom. The van der Waals surface area contributed by atoms with Gasteiger partial charge in [0.1, 0.15) is 0 Å². The molecule has 0 aromatic carbocycles. The average Bonchev–Trinajstić information content (AvgIpc) is 2.43. The molecular formula is C16H33NO3.